The van der Waals surface area contributed by atoms with Crippen LogP contribution in [0.2, 0.25) is 0 Å². The Kier molecular flexibility index (Phi) is 12.4. The van der Waals surface area contributed by atoms with Gasteiger partial charge in [-0.3, -0.25) is 4.99 Å². The van der Waals surface area contributed by atoms with Crippen LogP contribution in [0.1, 0.15) is 33.6 Å². The molecule has 28 heavy (non-hydrogen) atoms. The molecule has 8 heteroatoms. The number of ether oxygens (including phenoxy) is 1. The molecule has 1 aliphatic heterocycles. The zero-order valence-electron chi connectivity index (χ0n) is 17.3. The Morgan fingerprint density at radius 2 is 2.07 bits per heavy atom. The van der Waals surface area contributed by atoms with E-state index in [9.17, 15) is 5.11 Å². The standard InChI is InChI=1S/C20H35N5O2.HI/c1-4-21-20(23-13-18(26)15-27-14-16(2)3)24-17-8-11-25(12-9-17)19-7-5-6-10-22-19;/h5-7,10,16-18,26H,4,8-9,11-15H2,1-3H3,(H2,21,23,24);1H. The van der Waals surface area contributed by atoms with Crippen LogP contribution >= 0.6 is 24.0 Å². The Morgan fingerprint density at radius 1 is 1.32 bits per heavy atom. The highest BCUT2D eigenvalue weighted by molar-refractivity contribution is 14.0. The maximum absolute atomic E-state index is 10.0. The molecule has 0 aliphatic carbocycles. The van der Waals surface area contributed by atoms with Gasteiger partial charge in [-0.2, -0.15) is 0 Å². The molecule has 0 saturated carbocycles. The van der Waals surface area contributed by atoms with Gasteiger partial charge in [0.2, 0.25) is 0 Å². The van der Waals surface area contributed by atoms with E-state index >= 15 is 0 Å². The van der Waals surface area contributed by atoms with Crippen molar-refractivity contribution in [3.05, 3.63) is 24.4 Å². The molecule has 1 atom stereocenters. The van der Waals surface area contributed by atoms with Crippen molar-refractivity contribution in [3.63, 3.8) is 0 Å². The van der Waals surface area contributed by atoms with Gasteiger partial charge >= 0.3 is 0 Å². The third-order valence-corrected chi connectivity index (χ3v) is 4.37. The van der Waals surface area contributed by atoms with Gasteiger partial charge in [-0.25, -0.2) is 4.98 Å². The number of aromatic nitrogens is 1. The van der Waals surface area contributed by atoms with Crippen molar-refractivity contribution in [3.8, 4) is 0 Å². The van der Waals surface area contributed by atoms with Crippen LogP contribution in [0.15, 0.2) is 29.4 Å². The van der Waals surface area contributed by atoms with Crippen molar-refractivity contribution >= 4 is 35.8 Å². The highest BCUT2D eigenvalue weighted by Crippen LogP contribution is 2.17. The fourth-order valence-corrected chi connectivity index (χ4v) is 3.00. The number of pyridine rings is 1. The smallest absolute Gasteiger partial charge is 0.191 e. The van der Waals surface area contributed by atoms with E-state index in [1.54, 1.807) is 0 Å². The summed E-state index contributed by atoms with van der Waals surface area (Å²) in [7, 11) is 0. The van der Waals surface area contributed by atoms with Gasteiger partial charge in [0.15, 0.2) is 5.96 Å². The number of anilines is 1. The molecule has 1 saturated heterocycles. The number of aliphatic imine (C=N–C) groups is 1. The Labute approximate surface area is 186 Å². The van der Waals surface area contributed by atoms with E-state index in [0.29, 0.717) is 31.7 Å². The van der Waals surface area contributed by atoms with Gasteiger partial charge in [0, 0.05) is 38.5 Å². The van der Waals surface area contributed by atoms with Gasteiger partial charge in [-0.05, 0) is 37.8 Å². The Bertz CT molecular complexity index is 551. The second-order valence-corrected chi connectivity index (χ2v) is 7.40. The van der Waals surface area contributed by atoms with Gasteiger partial charge in [-0.1, -0.05) is 19.9 Å². The average molecular weight is 505 g/mol. The molecule has 1 aliphatic rings. The van der Waals surface area contributed by atoms with Gasteiger partial charge in [0.25, 0.3) is 0 Å². The molecule has 0 spiro atoms. The fourth-order valence-electron chi connectivity index (χ4n) is 3.00. The molecule has 7 nitrogen and oxygen atoms in total. The lowest BCUT2D eigenvalue weighted by Crippen LogP contribution is -2.49. The first-order valence-electron chi connectivity index (χ1n) is 10.0. The lowest BCUT2D eigenvalue weighted by atomic mass is 10.1. The van der Waals surface area contributed by atoms with E-state index in [-0.39, 0.29) is 24.0 Å². The Hall–Kier alpha value is -1.13. The molecular weight excluding hydrogens is 469 g/mol. The van der Waals surface area contributed by atoms with E-state index in [1.807, 2.05) is 25.3 Å². The van der Waals surface area contributed by atoms with E-state index in [2.05, 4.69) is 45.4 Å². The van der Waals surface area contributed by atoms with Crippen LogP contribution in [-0.4, -0.2) is 67.6 Å². The number of nitrogens with zero attached hydrogens (tertiary/aromatic N) is 3. The van der Waals surface area contributed by atoms with E-state index in [1.165, 1.54) is 0 Å². The number of aliphatic hydroxyl groups excluding tert-OH is 1. The predicted octanol–water partition coefficient (Wildman–Crippen LogP) is 2.26. The van der Waals surface area contributed by atoms with Crippen molar-refractivity contribution in [1.82, 2.24) is 15.6 Å². The molecule has 0 bridgehead atoms. The van der Waals surface area contributed by atoms with Crippen LogP contribution < -0.4 is 15.5 Å². The van der Waals surface area contributed by atoms with Crippen LogP contribution in [0.5, 0.6) is 0 Å². The first-order chi connectivity index (χ1) is 13.1. The third-order valence-electron chi connectivity index (χ3n) is 4.37. The molecule has 0 aromatic carbocycles. The van der Waals surface area contributed by atoms with E-state index in [0.717, 1.165) is 44.3 Å². The summed E-state index contributed by atoms with van der Waals surface area (Å²) in [6.45, 7) is 10.3. The number of hydrogen-bond donors (Lipinski definition) is 3. The zero-order valence-corrected chi connectivity index (χ0v) is 19.6. The van der Waals surface area contributed by atoms with Crippen molar-refractivity contribution in [2.24, 2.45) is 10.9 Å². The summed E-state index contributed by atoms with van der Waals surface area (Å²) in [4.78, 5) is 11.3. The number of aliphatic hydroxyl groups is 1. The molecule has 1 aromatic heterocycles. The normalized spacial score (nSPS) is 16.6. The van der Waals surface area contributed by atoms with Crippen LogP contribution in [0.3, 0.4) is 0 Å². The monoisotopic (exact) mass is 505 g/mol. The molecule has 2 rings (SSSR count). The maximum Gasteiger partial charge on any atom is 0.191 e. The van der Waals surface area contributed by atoms with Gasteiger partial charge < -0.3 is 25.4 Å². The molecule has 0 amide bonds. The van der Waals surface area contributed by atoms with Gasteiger partial charge in [0.05, 0.1) is 19.3 Å². The summed E-state index contributed by atoms with van der Waals surface area (Å²) in [5.74, 6) is 2.27. The highest BCUT2D eigenvalue weighted by atomic mass is 127. The zero-order chi connectivity index (χ0) is 19.5. The first-order valence-corrected chi connectivity index (χ1v) is 10.0. The second kappa shape index (κ2) is 13.9. The quantitative estimate of drug-likeness (QED) is 0.272. The molecule has 3 N–H and O–H groups in total. The molecule has 1 fully saturated rings. The van der Waals surface area contributed by atoms with E-state index in [4.69, 9.17) is 4.74 Å². The minimum Gasteiger partial charge on any atom is -0.389 e. The molecule has 0 radical (unpaired) electrons. The Morgan fingerprint density at radius 3 is 2.68 bits per heavy atom. The minimum absolute atomic E-state index is 0. The van der Waals surface area contributed by atoms with Crippen molar-refractivity contribution in [1.29, 1.82) is 0 Å². The summed E-state index contributed by atoms with van der Waals surface area (Å²) in [5, 5.41) is 16.8. The second-order valence-electron chi connectivity index (χ2n) is 7.40. The minimum atomic E-state index is -0.579. The third kappa shape index (κ3) is 9.38. The molecule has 2 heterocycles. The van der Waals surface area contributed by atoms with E-state index < -0.39 is 6.10 Å². The van der Waals surface area contributed by atoms with Gasteiger partial charge in [0.1, 0.15) is 5.82 Å². The molecule has 1 aromatic rings. The van der Waals surface area contributed by atoms with Crippen LogP contribution in [0, 0.1) is 5.92 Å². The number of piperidine rings is 1. The largest absolute Gasteiger partial charge is 0.389 e. The summed E-state index contributed by atoms with van der Waals surface area (Å²) in [6.07, 6.45) is 3.32. The molecular formula is C20H36IN5O2. The van der Waals surface area contributed by atoms with Crippen LogP contribution in [-0.2, 0) is 4.74 Å². The number of hydrogen-bond acceptors (Lipinski definition) is 5. The molecule has 160 valence electrons. The highest BCUT2D eigenvalue weighted by Gasteiger charge is 2.20. The number of guanidine groups is 1. The summed E-state index contributed by atoms with van der Waals surface area (Å²) < 4.78 is 5.48. The number of rotatable bonds is 9. The average Bonchev–Trinajstić information content (AvgIpc) is 2.67. The maximum atomic E-state index is 10.0. The van der Waals surface area contributed by atoms with Crippen LogP contribution in [0.25, 0.3) is 0 Å². The predicted molar refractivity (Wildman–Crippen MR) is 126 cm³/mol. The van der Waals surface area contributed by atoms with Gasteiger partial charge in [-0.15, -0.1) is 24.0 Å². The lowest BCUT2D eigenvalue weighted by Gasteiger charge is -2.33. The summed E-state index contributed by atoms with van der Waals surface area (Å²) in [5.41, 5.74) is 0. The summed E-state index contributed by atoms with van der Waals surface area (Å²) in [6, 6.07) is 6.40. The number of nitrogens with one attached hydrogen (secondary N) is 2. The molecule has 1 unspecified atom stereocenters. The SMILES string of the molecule is CCNC(=NCC(O)COCC(C)C)NC1CCN(c2ccccn2)CC1.I. The lowest BCUT2D eigenvalue weighted by molar-refractivity contribution is 0.0301. The van der Waals surface area contributed by atoms with Crippen LogP contribution in [0.4, 0.5) is 5.82 Å². The van der Waals surface area contributed by atoms with Crippen molar-refractivity contribution in [2.45, 2.75) is 45.8 Å². The Balaban J connectivity index is 0.00000392. The first kappa shape index (κ1) is 24.9. The topological polar surface area (TPSA) is 82.0 Å². The van der Waals surface area contributed by atoms with Crippen molar-refractivity contribution < 1.29 is 9.84 Å². The summed E-state index contributed by atoms with van der Waals surface area (Å²) >= 11 is 0. The fraction of sp³-hybridized carbons (Fsp3) is 0.700. The van der Waals surface area contributed by atoms with Crippen molar-refractivity contribution in [2.75, 3.05) is 44.3 Å². The number of halogens is 1.